The summed E-state index contributed by atoms with van der Waals surface area (Å²) in [6.45, 7) is 2.86. The molecule has 0 spiro atoms. The molecule has 3 unspecified atom stereocenters. The molecule has 1 fully saturated rings. The Kier molecular flexibility index (Phi) is 3.34. The number of ether oxygens (including phenoxy) is 2. The molecule has 2 aliphatic rings. The Morgan fingerprint density at radius 1 is 1.39 bits per heavy atom. The topological polar surface area (TPSA) is 44.5 Å². The Labute approximate surface area is 116 Å². The van der Waals surface area contributed by atoms with Crippen LogP contribution in [0.2, 0.25) is 0 Å². The van der Waals surface area contributed by atoms with Gasteiger partial charge in [0.15, 0.2) is 0 Å². The maximum Gasteiger partial charge on any atom is 0.127 e. The first-order valence-electron chi connectivity index (χ1n) is 6.51. The van der Waals surface area contributed by atoms with E-state index in [-0.39, 0.29) is 12.1 Å². The smallest absolute Gasteiger partial charge is 0.127 e. The molecule has 4 heteroatoms. The van der Waals surface area contributed by atoms with Crippen LogP contribution in [0, 0.1) is 0 Å². The zero-order valence-electron chi connectivity index (χ0n) is 10.5. The highest BCUT2D eigenvalue weighted by Crippen LogP contribution is 2.39. The van der Waals surface area contributed by atoms with Crippen LogP contribution in [-0.4, -0.2) is 18.8 Å². The SMILES string of the molecule is CC1CCC(C(N)c2cc(Br)cc3c2OCC3)O1. The van der Waals surface area contributed by atoms with Crippen LogP contribution in [0.5, 0.6) is 5.75 Å². The average Bonchev–Trinajstić information content (AvgIpc) is 2.95. The van der Waals surface area contributed by atoms with E-state index in [0.717, 1.165) is 41.7 Å². The first-order chi connectivity index (χ1) is 8.65. The molecule has 1 saturated heterocycles. The maximum absolute atomic E-state index is 6.38. The molecule has 0 amide bonds. The van der Waals surface area contributed by atoms with Gasteiger partial charge in [-0.05, 0) is 37.5 Å². The summed E-state index contributed by atoms with van der Waals surface area (Å²) in [5, 5.41) is 0. The second-order valence-corrected chi connectivity index (χ2v) is 6.09. The van der Waals surface area contributed by atoms with Crippen molar-refractivity contribution in [1.29, 1.82) is 0 Å². The number of rotatable bonds is 2. The van der Waals surface area contributed by atoms with Gasteiger partial charge in [0.2, 0.25) is 0 Å². The van der Waals surface area contributed by atoms with Crippen molar-refractivity contribution in [2.45, 2.75) is 44.4 Å². The van der Waals surface area contributed by atoms with Crippen LogP contribution in [0.4, 0.5) is 0 Å². The molecule has 3 rings (SSSR count). The zero-order chi connectivity index (χ0) is 12.7. The molecule has 1 aromatic rings. The van der Waals surface area contributed by atoms with Gasteiger partial charge in [0.25, 0.3) is 0 Å². The van der Waals surface area contributed by atoms with Crippen molar-refractivity contribution in [3.63, 3.8) is 0 Å². The summed E-state index contributed by atoms with van der Waals surface area (Å²) in [4.78, 5) is 0. The summed E-state index contributed by atoms with van der Waals surface area (Å²) in [7, 11) is 0. The van der Waals surface area contributed by atoms with Gasteiger partial charge in [0.05, 0.1) is 24.9 Å². The summed E-state index contributed by atoms with van der Waals surface area (Å²) < 4.78 is 12.7. The summed E-state index contributed by atoms with van der Waals surface area (Å²) in [5.41, 5.74) is 8.71. The fourth-order valence-electron chi connectivity index (χ4n) is 2.84. The molecular weight excluding hydrogens is 294 g/mol. The minimum Gasteiger partial charge on any atom is -0.493 e. The molecule has 3 nitrogen and oxygen atoms in total. The second kappa shape index (κ2) is 4.83. The van der Waals surface area contributed by atoms with Crippen LogP contribution in [0.25, 0.3) is 0 Å². The van der Waals surface area contributed by atoms with E-state index in [4.69, 9.17) is 15.2 Å². The van der Waals surface area contributed by atoms with Crippen molar-refractivity contribution < 1.29 is 9.47 Å². The molecule has 2 aliphatic heterocycles. The fraction of sp³-hybridized carbons (Fsp3) is 0.571. The van der Waals surface area contributed by atoms with E-state index in [0.29, 0.717) is 6.10 Å². The molecule has 0 bridgehead atoms. The summed E-state index contributed by atoms with van der Waals surface area (Å²) in [5.74, 6) is 0.980. The van der Waals surface area contributed by atoms with E-state index >= 15 is 0 Å². The third kappa shape index (κ3) is 2.17. The van der Waals surface area contributed by atoms with Gasteiger partial charge in [-0.2, -0.15) is 0 Å². The van der Waals surface area contributed by atoms with Gasteiger partial charge in [-0.15, -0.1) is 0 Å². The third-order valence-corrected chi connectivity index (χ3v) is 4.26. The molecule has 1 aromatic carbocycles. The van der Waals surface area contributed by atoms with E-state index in [9.17, 15) is 0 Å². The quantitative estimate of drug-likeness (QED) is 0.913. The highest BCUT2D eigenvalue weighted by atomic mass is 79.9. The zero-order valence-corrected chi connectivity index (χ0v) is 12.1. The molecule has 0 aliphatic carbocycles. The first-order valence-corrected chi connectivity index (χ1v) is 7.30. The highest BCUT2D eigenvalue weighted by Gasteiger charge is 2.31. The molecule has 2 heterocycles. The third-order valence-electron chi connectivity index (χ3n) is 3.80. The lowest BCUT2D eigenvalue weighted by Crippen LogP contribution is -2.26. The predicted octanol–water partition coefficient (Wildman–Crippen LogP) is 2.95. The van der Waals surface area contributed by atoms with E-state index in [1.165, 1.54) is 5.56 Å². The van der Waals surface area contributed by atoms with Crippen molar-refractivity contribution in [3.8, 4) is 5.75 Å². The van der Waals surface area contributed by atoms with E-state index in [2.05, 4.69) is 35.0 Å². The Balaban J connectivity index is 1.92. The predicted molar refractivity (Wildman–Crippen MR) is 73.8 cm³/mol. The van der Waals surface area contributed by atoms with Crippen molar-refractivity contribution in [2.75, 3.05) is 6.61 Å². The second-order valence-electron chi connectivity index (χ2n) is 5.17. The lowest BCUT2D eigenvalue weighted by molar-refractivity contribution is 0.0396. The molecular formula is C14H18BrNO2. The minimum absolute atomic E-state index is 0.0979. The van der Waals surface area contributed by atoms with Crippen LogP contribution in [0.3, 0.4) is 0 Å². The number of hydrogen-bond donors (Lipinski definition) is 1. The lowest BCUT2D eigenvalue weighted by atomic mass is 9.97. The normalized spacial score (nSPS) is 27.9. The Morgan fingerprint density at radius 2 is 2.22 bits per heavy atom. The van der Waals surface area contributed by atoms with Gasteiger partial charge in [-0.3, -0.25) is 0 Å². The molecule has 3 atom stereocenters. The Hall–Kier alpha value is -0.580. The minimum atomic E-state index is -0.0979. The number of fused-ring (bicyclic) bond motifs is 1. The monoisotopic (exact) mass is 311 g/mol. The Bertz CT molecular complexity index is 463. The van der Waals surface area contributed by atoms with Gasteiger partial charge >= 0.3 is 0 Å². The Morgan fingerprint density at radius 3 is 2.94 bits per heavy atom. The van der Waals surface area contributed by atoms with Crippen LogP contribution >= 0.6 is 15.9 Å². The number of hydrogen-bond acceptors (Lipinski definition) is 3. The van der Waals surface area contributed by atoms with Gasteiger partial charge in [0, 0.05) is 16.5 Å². The van der Waals surface area contributed by atoms with Gasteiger partial charge in [-0.1, -0.05) is 15.9 Å². The number of nitrogens with two attached hydrogens (primary N) is 1. The van der Waals surface area contributed by atoms with Crippen LogP contribution in [0.15, 0.2) is 16.6 Å². The molecule has 0 aromatic heterocycles. The summed E-state index contributed by atoms with van der Waals surface area (Å²) in [6, 6.07) is 4.09. The van der Waals surface area contributed by atoms with E-state index < -0.39 is 0 Å². The number of halogens is 1. The van der Waals surface area contributed by atoms with Crippen molar-refractivity contribution in [1.82, 2.24) is 0 Å². The standard InChI is InChI=1S/C14H18BrNO2/c1-8-2-3-12(18-8)13(16)11-7-10(15)6-9-4-5-17-14(9)11/h6-8,12-13H,2-5,16H2,1H3. The van der Waals surface area contributed by atoms with E-state index in [1.54, 1.807) is 0 Å². The first kappa shape index (κ1) is 12.5. The highest BCUT2D eigenvalue weighted by molar-refractivity contribution is 9.10. The van der Waals surface area contributed by atoms with Crippen molar-refractivity contribution in [2.24, 2.45) is 5.73 Å². The van der Waals surface area contributed by atoms with Gasteiger partial charge < -0.3 is 15.2 Å². The number of benzene rings is 1. The molecule has 18 heavy (non-hydrogen) atoms. The fourth-order valence-corrected chi connectivity index (χ4v) is 3.37. The lowest BCUT2D eigenvalue weighted by Gasteiger charge is -2.22. The van der Waals surface area contributed by atoms with E-state index in [1.807, 2.05) is 0 Å². The van der Waals surface area contributed by atoms with Crippen molar-refractivity contribution >= 4 is 15.9 Å². The summed E-state index contributed by atoms with van der Waals surface area (Å²) in [6.07, 6.45) is 3.53. The molecule has 0 saturated carbocycles. The maximum atomic E-state index is 6.38. The van der Waals surface area contributed by atoms with Crippen LogP contribution in [0.1, 0.15) is 36.9 Å². The molecule has 98 valence electrons. The van der Waals surface area contributed by atoms with Crippen LogP contribution in [-0.2, 0) is 11.2 Å². The van der Waals surface area contributed by atoms with Gasteiger partial charge in [0.1, 0.15) is 5.75 Å². The van der Waals surface area contributed by atoms with Crippen LogP contribution < -0.4 is 10.5 Å². The average molecular weight is 312 g/mol. The van der Waals surface area contributed by atoms with Crippen molar-refractivity contribution in [3.05, 3.63) is 27.7 Å². The van der Waals surface area contributed by atoms with Gasteiger partial charge in [-0.25, -0.2) is 0 Å². The molecule has 2 N–H and O–H groups in total. The summed E-state index contributed by atoms with van der Waals surface area (Å²) >= 11 is 3.55. The molecule has 0 radical (unpaired) electrons. The largest absolute Gasteiger partial charge is 0.493 e.